The molecule has 0 radical (unpaired) electrons. The molecule has 3 N–H and O–H groups in total. The number of nitrogens with one attached hydrogen (secondary N) is 3. The second kappa shape index (κ2) is 11.3. The van der Waals surface area contributed by atoms with Crippen LogP contribution in [0, 0.1) is 0 Å². The van der Waals surface area contributed by atoms with Gasteiger partial charge in [-0.05, 0) is 49.4 Å². The lowest BCUT2D eigenvalue weighted by Crippen LogP contribution is -2.27. The van der Waals surface area contributed by atoms with Crippen LogP contribution in [0.4, 0.5) is 5.69 Å². The van der Waals surface area contributed by atoms with Gasteiger partial charge in [0, 0.05) is 39.1 Å². The van der Waals surface area contributed by atoms with Crippen LogP contribution in [0.15, 0.2) is 95.3 Å². The second-order valence-corrected chi connectivity index (χ2v) is 9.96. The fourth-order valence-electron chi connectivity index (χ4n) is 3.75. The first-order chi connectivity index (χ1) is 18.1. The minimum Gasteiger partial charge on any atom is -0.378 e. The molecule has 0 aliphatic carbocycles. The molecule has 0 fully saturated rings. The van der Waals surface area contributed by atoms with Crippen molar-refractivity contribution in [2.24, 2.45) is 5.10 Å². The lowest BCUT2D eigenvalue weighted by atomic mass is 10.2. The van der Waals surface area contributed by atoms with Gasteiger partial charge in [-0.2, -0.15) is 5.10 Å². The van der Waals surface area contributed by atoms with Crippen molar-refractivity contribution in [2.45, 2.75) is 23.9 Å². The number of anilines is 1. The van der Waals surface area contributed by atoms with Crippen LogP contribution in [0.5, 0.6) is 0 Å². The summed E-state index contributed by atoms with van der Waals surface area (Å²) in [5.74, 6) is 0.484. The number of amides is 1. The highest BCUT2D eigenvalue weighted by Gasteiger charge is 2.21. The van der Waals surface area contributed by atoms with E-state index in [1.165, 1.54) is 11.8 Å². The molecule has 1 amide bonds. The highest BCUT2D eigenvalue weighted by molar-refractivity contribution is 8.00. The largest absolute Gasteiger partial charge is 0.378 e. The number of aromatic nitrogens is 4. The van der Waals surface area contributed by atoms with E-state index in [4.69, 9.17) is 11.6 Å². The minimum absolute atomic E-state index is 0.232. The van der Waals surface area contributed by atoms with E-state index in [0.717, 1.165) is 27.8 Å². The maximum absolute atomic E-state index is 12.8. The standard InChI is InChI=1S/C27H24ClN7OS/c1-18(26(36)33-31-16-19-15-30-24-10-6-5-9-23(19)24)37-27-34-32-25(35(27)22-7-3-2-4-8-22)17-29-21-13-11-20(28)12-14-21/h2-16,18,29-30H,17H2,1H3,(H,33,36). The molecule has 0 saturated carbocycles. The lowest BCUT2D eigenvalue weighted by molar-refractivity contribution is -0.120. The van der Waals surface area contributed by atoms with Gasteiger partial charge in [0.2, 0.25) is 0 Å². The highest BCUT2D eigenvalue weighted by atomic mass is 35.5. The van der Waals surface area contributed by atoms with Crippen LogP contribution in [-0.2, 0) is 11.3 Å². The maximum Gasteiger partial charge on any atom is 0.253 e. The van der Waals surface area contributed by atoms with Crippen molar-refractivity contribution in [1.29, 1.82) is 0 Å². The summed E-state index contributed by atoms with van der Waals surface area (Å²) < 4.78 is 1.95. The van der Waals surface area contributed by atoms with Crippen molar-refractivity contribution >= 4 is 52.1 Å². The molecule has 10 heteroatoms. The lowest BCUT2D eigenvalue weighted by Gasteiger charge is -2.13. The number of halogens is 1. The van der Waals surface area contributed by atoms with Gasteiger partial charge in [0.05, 0.1) is 18.0 Å². The van der Waals surface area contributed by atoms with Gasteiger partial charge in [0.15, 0.2) is 11.0 Å². The Hall–Kier alpha value is -4.08. The number of nitrogens with zero attached hydrogens (tertiary/aromatic N) is 4. The predicted molar refractivity (Wildman–Crippen MR) is 149 cm³/mol. The number of para-hydroxylation sites is 2. The van der Waals surface area contributed by atoms with E-state index in [-0.39, 0.29) is 5.91 Å². The van der Waals surface area contributed by atoms with E-state index in [1.807, 2.05) is 96.6 Å². The molecule has 0 saturated heterocycles. The first-order valence-corrected chi connectivity index (χ1v) is 12.9. The summed E-state index contributed by atoms with van der Waals surface area (Å²) in [5.41, 5.74) is 6.38. The zero-order chi connectivity index (χ0) is 25.6. The van der Waals surface area contributed by atoms with E-state index in [0.29, 0.717) is 22.5 Å². The Bertz CT molecular complexity index is 1530. The van der Waals surface area contributed by atoms with Gasteiger partial charge < -0.3 is 10.3 Å². The van der Waals surface area contributed by atoms with Gasteiger partial charge in [0.25, 0.3) is 5.91 Å². The molecule has 5 aromatic rings. The third-order valence-corrected chi connectivity index (χ3v) is 6.96. The van der Waals surface area contributed by atoms with Crippen LogP contribution < -0.4 is 10.7 Å². The Morgan fingerprint density at radius 3 is 2.65 bits per heavy atom. The van der Waals surface area contributed by atoms with Crippen LogP contribution in [0.2, 0.25) is 5.02 Å². The van der Waals surface area contributed by atoms with Crippen molar-refractivity contribution in [2.75, 3.05) is 5.32 Å². The van der Waals surface area contributed by atoms with Gasteiger partial charge >= 0.3 is 0 Å². The van der Waals surface area contributed by atoms with Crippen LogP contribution in [-0.4, -0.2) is 37.1 Å². The maximum atomic E-state index is 12.8. The summed E-state index contributed by atoms with van der Waals surface area (Å²) in [5, 5.41) is 18.2. The SMILES string of the molecule is CC(Sc1nnc(CNc2ccc(Cl)cc2)n1-c1ccccc1)C(=O)NN=Cc1c[nH]c2ccccc12. The number of benzene rings is 3. The number of aromatic amines is 1. The number of fused-ring (bicyclic) bond motifs is 1. The molecule has 1 unspecified atom stereocenters. The van der Waals surface area contributed by atoms with Gasteiger partial charge in [0.1, 0.15) is 0 Å². The molecule has 0 aliphatic rings. The number of H-pyrrole nitrogens is 1. The van der Waals surface area contributed by atoms with E-state index in [2.05, 4.69) is 31.0 Å². The van der Waals surface area contributed by atoms with Crippen LogP contribution in [0.3, 0.4) is 0 Å². The molecule has 3 aromatic carbocycles. The third-order valence-electron chi connectivity index (χ3n) is 5.66. The fraction of sp³-hybridized carbons (Fsp3) is 0.111. The van der Waals surface area contributed by atoms with E-state index in [1.54, 1.807) is 6.21 Å². The summed E-state index contributed by atoms with van der Waals surface area (Å²) in [4.78, 5) is 16.0. The quantitative estimate of drug-likeness (QED) is 0.130. The first-order valence-electron chi connectivity index (χ1n) is 11.6. The highest BCUT2D eigenvalue weighted by Crippen LogP contribution is 2.26. The summed E-state index contributed by atoms with van der Waals surface area (Å²) in [6.45, 7) is 2.26. The number of hydrogen-bond acceptors (Lipinski definition) is 6. The molecule has 2 aromatic heterocycles. The predicted octanol–water partition coefficient (Wildman–Crippen LogP) is 5.65. The van der Waals surface area contributed by atoms with Gasteiger partial charge in [-0.15, -0.1) is 10.2 Å². The Labute approximate surface area is 223 Å². The summed E-state index contributed by atoms with van der Waals surface area (Å²) in [6, 6.07) is 25.2. The van der Waals surface area contributed by atoms with Crippen molar-refractivity contribution in [1.82, 2.24) is 25.2 Å². The number of rotatable bonds is 9. The normalized spacial score (nSPS) is 12.2. The summed E-state index contributed by atoms with van der Waals surface area (Å²) in [7, 11) is 0. The Morgan fingerprint density at radius 2 is 1.84 bits per heavy atom. The Morgan fingerprint density at radius 1 is 1.08 bits per heavy atom. The number of carbonyl (C=O) groups excluding carboxylic acids is 1. The second-order valence-electron chi connectivity index (χ2n) is 8.21. The number of carbonyl (C=O) groups is 1. The minimum atomic E-state index is -0.455. The molecule has 1 atom stereocenters. The number of hydrogen-bond donors (Lipinski definition) is 3. The molecular formula is C27H24ClN7OS. The van der Waals surface area contributed by atoms with Crippen molar-refractivity contribution in [3.8, 4) is 5.69 Å². The molecule has 186 valence electrons. The molecular weight excluding hydrogens is 506 g/mol. The molecule has 2 heterocycles. The molecule has 0 spiro atoms. The Kier molecular flexibility index (Phi) is 7.53. The summed E-state index contributed by atoms with van der Waals surface area (Å²) >= 11 is 7.31. The topological polar surface area (TPSA) is 100.0 Å². The van der Waals surface area contributed by atoms with Gasteiger partial charge in [-0.1, -0.05) is 59.8 Å². The Balaban J connectivity index is 1.29. The van der Waals surface area contributed by atoms with Crippen LogP contribution >= 0.6 is 23.4 Å². The van der Waals surface area contributed by atoms with E-state index >= 15 is 0 Å². The molecule has 37 heavy (non-hydrogen) atoms. The number of thioether (sulfide) groups is 1. The van der Waals surface area contributed by atoms with Crippen LogP contribution in [0.25, 0.3) is 16.6 Å². The van der Waals surface area contributed by atoms with E-state index < -0.39 is 5.25 Å². The monoisotopic (exact) mass is 529 g/mol. The average molecular weight is 530 g/mol. The molecule has 5 rings (SSSR count). The zero-order valence-electron chi connectivity index (χ0n) is 19.9. The molecule has 0 bridgehead atoms. The van der Waals surface area contributed by atoms with E-state index in [9.17, 15) is 4.79 Å². The number of hydrazone groups is 1. The zero-order valence-corrected chi connectivity index (χ0v) is 21.5. The van der Waals surface area contributed by atoms with Gasteiger partial charge in [-0.25, -0.2) is 5.43 Å². The average Bonchev–Trinajstić information content (AvgIpc) is 3.52. The fourth-order valence-corrected chi connectivity index (χ4v) is 4.75. The smallest absolute Gasteiger partial charge is 0.253 e. The molecule has 8 nitrogen and oxygen atoms in total. The third kappa shape index (κ3) is 5.84. The van der Waals surface area contributed by atoms with Crippen molar-refractivity contribution < 1.29 is 4.79 Å². The van der Waals surface area contributed by atoms with Crippen molar-refractivity contribution in [3.63, 3.8) is 0 Å². The first kappa shape index (κ1) is 24.6. The molecule has 0 aliphatic heterocycles. The van der Waals surface area contributed by atoms with Crippen molar-refractivity contribution in [3.05, 3.63) is 101 Å². The van der Waals surface area contributed by atoms with Crippen LogP contribution in [0.1, 0.15) is 18.3 Å². The van der Waals surface area contributed by atoms with Gasteiger partial charge in [-0.3, -0.25) is 9.36 Å². The summed E-state index contributed by atoms with van der Waals surface area (Å²) in [6.07, 6.45) is 3.50.